The van der Waals surface area contributed by atoms with Gasteiger partial charge in [0.25, 0.3) is 0 Å². The van der Waals surface area contributed by atoms with Crippen LogP contribution < -0.4 is 0 Å². The Morgan fingerprint density at radius 1 is 1.00 bits per heavy atom. The smallest absolute Gasteiger partial charge is 0.184 e. The second-order valence-electron chi connectivity index (χ2n) is 6.78. The molecule has 4 atom stereocenters. The molecule has 1 heterocycles. The van der Waals surface area contributed by atoms with Crippen LogP contribution in [0.5, 0.6) is 0 Å². The van der Waals surface area contributed by atoms with Gasteiger partial charge in [-0.05, 0) is 66.7 Å². The zero-order valence-electron chi connectivity index (χ0n) is 11.0. The summed E-state index contributed by atoms with van der Waals surface area (Å²) in [7, 11) is 0.473. The topological polar surface area (TPSA) is 17.1 Å². The minimum Gasteiger partial charge on any atom is -0.294 e. The van der Waals surface area contributed by atoms with Gasteiger partial charge in [0.1, 0.15) is 11.5 Å². The molecule has 0 radical (unpaired) electrons. The Kier molecular flexibility index (Phi) is 2.83. The summed E-state index contributed by atoms with van der Waals surface area (Å²) in [5.41, 5.74) is 0. The van der Waals surface area contributed by atoms with Crippen LogP contribution in [0.1, 0.15) is 32.1 Å². The maximum Gasteiger partial charge on any atom is 0.184 e. The van der Waals surface area contributed by atoms with E-state index in [1.807, 2.05) is 0 Å². The first-order chi connectivity index (χ1) is 8.81. The normalized spacial score (nSPS) is 45.9. The summed E-state index contributed by atoms with van der Waals surface area (Å²) in [4.78, 5) is 12.5. The number of fused-ring (bicyclic) bond motifs is 5. The third kappa shape index (κ3) is 1.79. The Balaban J connectivity index is 1.38. The van der Waals surface area contributed by atoms with E-state index < -0.39 is 0 Å². The van der Waals surface area contributed by atoms with Gasteiger partial charge in [-0.25, -0.2) is 0 Å². The van der Waals surface area contributed by atoms with Gasteiger partial charge in [-0.15, -0.1) is 0 Å². The molecule has 4 aliphatic rings. The number of Topliss-reactive ketones (excluding diaryl/α,β-unsaturated/α-hetero) is 1. The number of hydrogen-bond donors (Lipinski definition) is 0. The van der Waals surface area contributed by atoms with E-state index in [0.717, 1.165) is 29.4 Å². The Morgan fingerprint density at radius 3 is 2.22 bits per heavy atom. The van der Waals surface area contributed by atoms with Crippen molar-refractivity contribution >= 4 is 16.7 Å². The molecule has 0 N–H and O–H groups in total. The van der Waals surface area contributed by atoms with Crippen LogP contribution in [0, 0.1) is 29.6 Å². The average molecular weight is 263 g/mol. The molecule has 0 aromatic carbocycles. The quantitative estimate of drug-likeness (QED) is 0.565. The largest absolute Gasteiger partial charge is 0.294 e. The van der Waals surface area contributed by atoms with E-state index >= 15 is 0 Å². The fraction of sp³-hybridized carbons (Fsp3) is 0.812. The second-order valence-corrected chi connectivity index (χ2v) is 9.11. The van der Waals surface area contributed by atoms with Crippen molar-refractivity contribution in [1.82, 2.24) is 0 Å². The molecule has 2 heteroatoms. The maximum absolute atomic E-state index is 12.5. The highest BCUT2D eigenvalue weighted by Crippen LogP contribution is 2.57. The van der Waals surface area contributed by atoms with Crippen molar-refractivity contribution in [3.05, 3.63) is 12.2 Å². The van der Waals surface area contributed by atoms with Crippen LogP contribution in [0.25, 0.3) is 0 Å². The third-order valence-electron chi connectivity index (χ3n) is 5.83. The molecular weight excluding hydrogens is 240 g/mol. The van der Waals surface area contributed by atoms with Crippen molar-refractivity contribution in [2.75, 3.05) is 17.3 Å². The molecule has 0 amide bonds. The molecule has 1 nitrogen and oxygen atoms in total. The van der Waals surface area contributed by atoms with E-state index in [1.54, 1.807) is 0 Å². The summed E-state index contributed by atoms with van der Waals surface area (Å²) in [6.07, 6.45) is 11.5. The summed E-state index contributed by atoms with van der Waals surface area (Å²) in [5, 5.41) is 0. The lowest BCUT2D eigenvalue weighted by Gasteiger charge is -2.19. The molecule has 18 heavy (non-hydrogen) atoms. The van der Waals surface area contributed by atoms with Crippen LogP contribution in [0.2, 0.25) is 0 Å². The van der Waals surface area contributed by atoms with E-state index in [-0.39, 0.29) is 0 Å². The number of ketones is 1. The molecule has 2 bridgehead atoms. The van der Waals surface area contributed by atoms with Gasteiger partial charge in [0.2, 0.25) is 0 Å². The van der Waals surface area contributed by atoms with Crippen molar-refractivity contribution in [2.24, 2.45) is 29.6 Å². The highest BCUT2D eigenvalue weighted by Gasteiger charge is 2.51. The monoisotopic (exact) mass is 263 g/mol. The predicted octanol–water partition coefficient (Wildman–Crippen LogP) is 2.82. The molecule has 2 saturated carbocycles. The fourth-order valence-corrected chi connectivity index (χ4v) is 7.28. The number of carbonyl (C=O) groups is 1. The predicted molar refractivity (Wildman–Crippen MR) is 76.6 cm³/mol. The third-order valence-corrected chi connectivity index (χ3v) is 8.26. The summed E-state index contributed by atoms with van der Waals surface area (Å²) >= 11 is 0. The van der Waals surface area contributed by atoms with Crippen molar-refractivity contribution in [3.63, 3.8) is 0 Å². The first kappa shape index (κ1) is 11.6. The molecule has 0 spiro atoms. The van der Waals surface area contributed by atoms with Gasteiger partial charge in [0.15, 0.2) is 11.5 Å². The van der Waals surface area contributed by atoms with Crippen molar-refractivity contribution in [2.45, 2.75) is 32.1 Å². The van der Waals surface area contributed by atoms with Crippen molar-refractivity contribution in [3.8, 4) is 0 Å². The fourth-order valence-electron chi connectivity index (χ4n) is 4.92. The van der Waals surface area contributed by atoms with E-state index in [9.17, 15) is 4.79 Å². The van der Waals surface area contributed by atoms with Crippen LogP contribution in [0.15, 0.2) is 12.2 Å². The number of allylic oxidation sites excluding steroid dienone is 2. The standard InChI is InChI=1S/C16H23OS/c17-16(10-18-5-1-2-6-18)13-8-14-11-3-4-12(7-11)15(14)9-13/h3-4,11-15H,1-2,5-10H2/q+1. The van der Waals surface area contributed by atoms with Crippen LogP contribution >= 0.6 is 0 Å². The average Bonchev–Trinajstić information content (AvgIpc) is 3.11. The summed E-state index contributed by atoms with van der Waals surface area (Å²) < 4.78 is 0. The molecule has 4 unspecified atom stereocenters. The van der Waals surface area contributed by atoms with Crippen LogP contribution in [-0.4, -0.2) is 23.0 Å². The van der Waals surface area contributed by atoms with Crippen LogP contribution in [0.3, 0.4) is 0 Å². The van der Waals surface area contributed by atoms with E-state index in [2.05, 4.69) is 12.2 Å². The minimum absolute atomic E-state index is 0.443. The Labute approximate surface area is 113 Å². The number of rotatable bonds is 3. The van der Waals surface area contributed by atoms with Crippen molar-refractivity contribution in [1.29, 1.82) is 0 Å². The minimum atomic E-state index is 0.443. The zero-order valence-corrected chi connectivity index (χ0v) is 11.8. The molecule has 1 saturated heterocycles. The molecule has 0 aromatic rings. The Morgan fingerprint density at radius 2 is 1.61 bits per heavy atom. The van der Waals surface area contributed by atoms with Crippen molar-refractivity contribution < 1.29 is 4.79 Å². The van der Waals surface area contributed by atoms with E-state index in [0.29, 0.717) is 22.6 Å². The van der Waals surface area contributed by atoms with Gasteiger partial charge in [-0.3, -0.25) is 4.79 Å². The van der Waals surface area contributed by atoms with Crippen LogP contribution in [-0.2, 0) is 15.7 Å². The molecule has 0 aromatic heterocycles. The van der Waals surface area contributed by atoms with E-state index in [1.165, 1.54) is 43.6 Å². The highest BCUT2D eigenvalue weighted by molar-refractivity contribution is 7.97. The Hall–Kier alpha value is -0.240. The zero-order chi connectivity index (χ0) is 12.1. The highest BCUT2D eigenvalue weighted by atomic mass is 32.2. The second kappa shape index (κ2) is 4.40. The van der Waals surface area contributed by atoms with Gasteiger partial charge in [0, 0.05) is 5.92 Å². The summed E-state index contributed by atoms with van der Waals surface area (Å²) in [5.74, 6) is 8.14. The van der Waals surface area contributed by atoms with Gasteiger partial charge in [-0.2, -0.15) is 0 Å². The summed E-state index contributed by atoms with van der Waals surface area (Å²) in [6, 6.07) is 0. The lowest BCUT2D eigenvalue weighted by Crippen LogP contribution is -2.24. The molecular formula is C16H23OS+. The van der Waals surface area contributed by atoms with Gasteiger partial charge < -0.3 is 0 Å². The van der Waals surface area contributed by atoms with Gasteiger partial charge in [-0.1, -0.05) is 12.2 Å². The lowest BCUT2D eigenvalue weighted by molar-refractivity contribution is -0.120. The first-order valence-corrected chi connectivity index (χ1v) is 9.39. The number of carbonyl (C=O) groups excluding carboxylic acids is 1. The maximum atomic E-state index is 12.5. The molecule has 4 rings (SSSR count). The molecule has 1 aliphatic heterocycles. The van der Waals surface area contributed by atoms with E-state index in [4.69, 9.17) is 0 Å². The number of hydrogen-bond acceptors (Lipinski definition) is 1. The molecule has 98 valence electrons. The Bertz CT molecular complexity index is 363. The van der Waals surface area contributed by atoms with Crippen LogP contribution in [0.4, 0.5) is 0 Å². The van der Waals surface area contributed by atoms with Gasteiger partial charge >= 0.3 is 0 Å². The first-order valence-electron chi connectivity index (χ1n) is 7.66. The van der Waals surface area contributed by atoms with Gasteiger partial charge in [0.05, 0.1) is 0 Å². The summed E-state index contributed by atoms with van der Waals surface area (Å²) in [6.45, 7) is 0. The SMILES string of the molecule is O=C(C[S+]1CCCC1)C1CC2C3C=CC(C3)C2C1. The lowest BCUT2D eigenvalue weighted by atomic mass is 9.86. The molecule has 3 fully saturated rings. The molecule has 3 aliphatic carbocycles.